The summed E-state index contributed by atoms with van der Waals surface area (Å²) in [4.78, 5) is 34.9. The molecule has 1 amide bonds. The van der Waals surface area contributed by atoms with Gasteiger partial charge in [0, 0.05) is 21.9 Å². The Kier molecular flexibility index (Phi) is 8.06. The molecule has 0 heterocycles. The van der Waals surface area contributed by atoms with E-state index in [0.717, 1.165) is 24.9 Å². The number of aliphatic carboxylic acids is 1. The summed E-state index contributed by atoms with van der Waals surface area (Å²) >= 11 is 0.831. The van der Waals surface area contributed by atoms with Crippen LogP contribution in [0.15, 0.2) is 11.0 Å². The van der Waals surface area contributed by atoms with Crippen LogP contribution in [0.25, 0.3) is 0 Å². The number of ether oxygens (including phenoxy) is 2. The topological polar surface area (TPSA) is 137 Å². The average molecular weight is 417 g/mol. The van der Waals surface area contributed by atoms with E-state index in [1.54, 1.807) is 26.3 Å². The number of amides is 1. The van der Waals surface area contributed by atoms with Crippen molar-refractivity contribution in [3.8, 4) is 0 Å². The first kappa shape index (κ1) is 23.5. The molecule has 0 aliphatic carbocycles. The molecule has 1 atom stereocenters. The van der Waals surface area contributed by atoms with Crippen LogP contribution in [-0.4, -0.2) is 47.6 Å². The zero-order chi connectivity index (χ0) is 21.6. The van der Waals surface area contributed by atoms with E-state index in [1.165, 1.54) is 6.92 Å². The second kappa shape index (κ2) is 9.60. The molecule has 9 nitrogen and oxygen atoms in total. The molecule has 3 N–H and O–H groups in total. The summed E-state index contributed by atoms with van der Waals surface area (Å²) in [5.41, 5.74) is 0.206. The number of halogens is 1. The molecule has 0 aliphatic rings. The number of nitrogens with one attached hydrogen (secondary N) is 2. The summed E-state index contributed by atoms with van der Waals surface area (Å²) in [6.45, 7) is 6.21. The van der Waals surface area contributed by atoms with Crippen molar-refractivity contribution in [2.45, 2.75) is 44.2 Å². The number of hydrogen-bond acceptors (Lipinski definition) is 8. The lowest BCUT2D eigenvalue weighted by molar-refractivity contribution is -0.138. The van der Waals surface area contributed by atoms with E-state index in [-0.39, 0.29) is 21.9 Å². The number of rotatable bonds is 7. The van der Waals surface area contributed by atoms with Gasteiger partial charge in [0.1, 0.15) is 17.5 Å². The highest BCUT2D eigenvalue weighted by Crippen LogP contribution is 2.35. The molecular formula is C17H22FN2O7S-. The average Bonchev–Trinajstić information content (AvgIpc) is 2.59. The van der Waals surface area contributed by atoms with Crippen LogP contribution in [0.2, 0.25) is 0 Å². The number of alkyl carbamates (subject to hydrolysis) is 1. The van der Waals surface area contributed by atoms with Crippen LogP contribution in [-0.2, 0) is 14.3 Å². The molecule has 156 valence electrons. The number of carboxylic acid groups (broad SMARTS) is 1. The first-order chi connectivity index (χ1) is 12.9. The molecule has 0 radical (unpaired) electrons. The predicted octanol–water partition coefficient (Wildman–Crippen LogP) is 2.90. The summed E-state index contributed by atoms with van der Waals surface area (Å²) in [5, 5.41) is 22.8. The van der Waals surface area contributed by atoms with Gasteiger partial charge in [0.25, 0.3) is 0 Å². The summed E-state index contributed by atoms with van der Waals surface area (Å²) in [6.07, 6.45) is -0.924. The van der Waals surface area contributed by atoms with Crippen LogP contribution >= 0.6 is 11.8 Å². The molecule has 0 spiro atoms. The highest BCUT2D eigenvalue weighted by Gasteiger charge is 2.26. The van der Waals surface area contributed by atoms with E-state index in [4.69, 9.17) is 4.74 Å². The molecule has 0 bridgehead atoms. The van der Waals surface area contributed by atoms with Gasteiger partial charge in [-0.15, -0.1) is 11.8 Å². The fourth-order valence-corrected chi connectivity index (χ4v) is 3.21. The first-order valence-corrected chi connectivity index (χ1v) is 9.04. The van der Waals surface area contributed by atoms with Gasteiger partial charge in [-0.2, -0.15) is 0 Å². The SMILES string of the molecule is COC(=O)c1cc(N[O-])c(SC[C@H](NC(=O)OC(C)(C)C)C(=O)O)c(C)c1F. The van der Waals surface area contributed by atoms with Crippen LogP contribution in [0.4, 0.5) is 14.9 Å². The van der Waals surface area contributed by atoms with Gasteiger partial charge in [-0.1, -0.05) is 0 Å². The van der Waals surface area contributed by atoms with Crippen molar-refractivity contribution in [2.24, 2.45) is 0 Å². The number of anilines is 1. The highest BCUT2D eigenvalue weighted by atomic mass is 32.2. The second-order valence-electron chi connectivity index (χ2n) is 6.68. The Morgan fingerprint density at radius 1 is 1.36 bits per heavy atom. The predicted molar refractivity (Wildman–Crippen MR) is 101 cm³/mol. The number of carboxylic acids is 1. The van der Waals surface area contributed by atoms with Gasteiger partial charge in [0.05, 0.1) is 12.7 Å². The Bertz CT molecular complexity index is 765. The molecule has 0 unspecified atom stereocenters. The molecule has 28 heavy (non-hydrogen) atoms. The van der Waals surface area contributed by atoms with Crippen molar-refractivity contribution in [1.29, 1.82) is 0 Å². The Morgan fingerprint density at radius 3 is 2.43 bits per heavy atom. The Labute approximate surface area is 165 Å². The van der Waals surface area contributed by atoms with Gasteiger partial charge in [-0.05, 0) is 33.8 Å². The number of carbonyl (C=O) groups excluding carboxylic acids is 2. The molecule has 1 aromatic carbocycles. The van der Waals surface area contributed by atoms with E-state index in [1.807, 2.05) is 0 Å². The minimum Gasteiger partial charge on any atom is -0.761 e. The molecule has 0 fully saturated rings. The van der Waals surface area contributed by atoms with Crippen molar-refractivity contribution < 1.29 is 33.4 Å². The molecule has 0 saturated carbocycles. The number of thioether (sulfide) groups is 1. The normalized spacial score (nSPS) is 12.1. The quantitative estimate of drug-likeness (QED) is 0.347. The summed E-state index contributed by atoms with van der Waals surface area (Å²) in [7, 11) is 1.07. The van der Waals surface area contributed by atoms with E-state index in [9.17, 15) is 29.1 Å². The highest BCUT2D eigenvalue weighted by molar-refractivity contribution is 7.99. The lowest BCUT2D eigenvalue weighted by Gasteiger charge is -2.23. The maximum absolute atomic E-state index is 14.4. The van der Waals surface area contributed by atoms with Gasteiger partial charge in [0.15, 0.2) is 0 Å². The Morgan fingerprint density at radius 2 is 1.96 bits per heavy atom. The monoisotopic (exact) mass is 417 g/mol. The van der Waals surface area contributed by atoms with E-state index in [2.05, 4.69) is 10.1 Å². The molecule has 1 aromatic rings. The van der Waals surface area contributed by atoms with Gasteiger partial charge in [-0.25, -0.2) is 18.8 Å². The fraction of sp³-hybridized carbons (Fsp3) is 0.471. The molecule has 0 saturated heterocycles. The standard InChI is InChI=1S/C17H22FN2O7S/c1-8-12(18)9(15(23)26-5)6-10(20-25)13(8)28-7-11(14(21)22)19-16(24)27-17(2,3)4/h6,11,20H,7H2,1-5H3,(H,19,24)(H,21,22)/q-1/t11-/m0/s1. The van der Waals surface area contributed by atoms with E-state index in [0.29, 0.717) is 0 Å². The van der Waals surface area contributed by atoms with Crippen LogP contribution in [0.1, 0.15) is 36.7 Å². The van der Waals surface area contributed by atoms with Crippen LogP contribution < -0.4 is 10.8 Å². The Hall–Kier alpha value is -2.53. The van der Waals surface area contributed by atoms with Crippen molar-refractivity contribution in [2.75, 3.05) is 18.3 Å². The lowest BCUT2D eigenvalue weighted by atomic mass is 10.1. The Balaban J connectivity index is 3.05. The molecule has 11 heteroatoms. The molecule has 1 rings (SSSR count). The third kappa shape index (κ3) is 6.27. The zero-order valence-corrected chi connectivity index (χ0v) is 16.9. The molecule has 0 aromatic heterocycles. The van der Waals surface area contributed by atoms with Crippen LogP contribution in [0.5, 0.6) is 0 Å². The van der Waals surface area contributed by atoms with Gasteiger partial charge >= 0.3 is 18.0 Å². The zero-order valence-electron chi connectivity index (χ0n) is 16.0. The van der Waals surface area contributed by atoms with Crippen molar-refractivity contribution in [3.63, 3.8) is 0 Å². The van der Waals surface area contributed by atoms with Crippen LogP contribution in [0, 0.1) is 17.9 Å². The number of benzene rings is 1. The number of carbonyl (C=O) groups is 3. The number of hydrogen-bond donors (Lipinski definition) is 3. The van der Waals surface area contributed by atoms with E-state index >= 15 is 0 Å². The second-order valence-corrected chi connectivity index (χ2v) is 7.71. The van der Waals surface area contributed by atoms with E-state index < -0.39 is 41.1 Å². The number of esters is 1. The largest absolute Gasteiger partial charge is 0.761 e. The fourth-order valence-electron chi connectivity index (χ4n) is 2.09. The lowest BCUT2D eigenvalue weighted by Crippen LogP contribution is -2.44. The molecular weight excluding hydrogens is 395 g/mol. The summed E-state index contributed by atoms with van der Waals surface area (Å²) in [5.74, 6) is -3.40. The van der Waals surface area contributed by atoms with Gasteiger partial charge in [-0.3, -0.25) is 0 Å². The number of methoxy groups -OCH3 is 1. The van der Waals surface area contributed by atoms with Gasteiger partial charge < -0.3 is 30.6 Å². The first-order valence-electron chi connectivity index (χ1n) is 8.06. The maximum Gasteiger partial charge on any atom is 0.408 e. The van der Waals surface area contributed by atoms with Crippen molar-refractivity contribution >= 4 is 35.5 Å². The van der Waals surface area contributed by atoms with Crippen LogP contribution in [0.3, 0.4) is 0 Å². The molecule has 0 aliphatic heterocycles. The third-order valence-corrected chi connectivity index (χ3v) is 4.65. The van der Waals surface area contributed by atoms with Crippen molar-refractivity contribution in [1.82, 2.24) is 5.32 Å². The third-order valence-electron chi connectivity index (χ3n) is 3.34. The summed E-state index contributed by atoms with van der Waals surface area (Å²) in [6, 6.07) is -0.372. The smallest absolute Gasteiger partial charge is 0.408 e. The summed E-state index contributed by atoms with van der Waals surface area (Å²) < 4.78 is 23.9. The maximum atomic E-state index is 14.4. The van der Waals surface area contributed by atoms with Gasteiger partial charge in [0.2, 0.25) is 0 Å². The minimum absolute atomic E-state index is 0.0346. The minimum atomic E-state index is -1.36. The van der Waals surface area contributed by atoms with Crippen molar-refractivity contribution in [3.05, 3.63) is 28.2 Å².